The van der Waals surface area contributed by atoms with Crippen LogP contribution in [0.4, 0.5) is 0 Å². The topological polar surface area (TPSA) is 36.4 Å². The number of aromatic nitrogens is 1. The molecule has 0 N–H and O–H groups in total. The van der Waals surface area contributed by atoms with E-state index >= 15 is 0 Å². The molecule has 1 amide bonds. The first-order valence-electron chi connectivity index (χ1n) is 7.70. The fraction of sp³-hybridized carbons (Fsp3) is 0.625. The number of likely N-dealkylation sites (tertiary alicyclic amines) is 2. The molecule has 0 unspecified atom stereocenters. The molecule has 0 radical (unpaired) electrons. The molecule has 0 saturated carbocycles. The Labute approximate surface area is 120 Å². The van der Waals surface area contributed by atoms with Gasteiger partial charge in [0, 0.05) is 45.0 Å². The Hall–Kier alpha value is -1.42. The van der Waals surface area contributed by atoms with E-state index in [1.807, 2.05) is 12.4 Å². The van der Waals surface area contributed by atoms with Crippen LogP contribution in [0.5, 0.6) is 0 Å². The van der Waals surface area contributed by atoms with Crippen molar-refractivity contribution in [3.63, 3.8) is 0 Å². The summed E-state index contributed by atoms with van der Waals surface area (Å²) in [6.45, 7) is 5.23. The van der Waals surface area contributed by atoms with E-state index in [1.54, 1.807) is 0 Å². The van der Waals surface area contributed by atoms with Gasteiger partial charge in [0.05, 0.1) is 0 Å². The highest BCUT2D eigenvalue weighted by Crippen LogP contribution is 2.21. The molecule has 0 aromatic carbocycles. The van der Waals surface area contributed by atoms with Gasteiger partial charge >= 0.3 is 0 Å². The molecule has 1 aromatic rings. The van der Waals surface area contributed by atoms with Crippen molar-refractivity contribution >= 4 is 5.91 Å². The normalized spacial score (nSPS) is 24.3. The second-order valence-electron chi connectivity index (χ2n) is 6.04. The SMILES string of the molecule is O=C1CCCN1C[C@H]1CCCN(Cc2ccncc2)C1. The average Bonchev–Trinajstić information content (AvgIpc) is 2.86. The number of pyridine rings is 1. The number of amides is 1. The van der Waals surface area contributed by atoms with Crippen LogP contribution < -0.4 is 0 Å². The van der Waals surface area contributed by atoms with Gasteiger partial charge in [0.2, 0.25) is 5.91 Å². The average molecular weight is 273 g/mol. The number of nitrogens with zero attached hydrogens (tertiary/aromatic N) is 3. The minimum atomic E-state index is 0.358. The quantitative estimate of drug-likeness (QED) is 0.841. The van der Waals surface area contributed by atoms with Gasteiger partial charge < -0.3 is 4.90 Å². The molecule has 2 aliphatic heterocycles. The van der Waals surface area contributed by atoms with Gasteiger partial charge in [0.1, 0.15) is 0 Å². The maximum absolute atomic E-state index is 11.7. The lowest BCUT2D eigenvalue weighted by Crippen LogP contribution is -2.41. The number of carbonyl (C=O) groups excluding carboxylic acids is 1. The molecule has 0 aliphatic carbocycles. The van der Waals surface area contributed by atoms with Crippen LogP contribution >= 0.6 is 0 Å². The van der Waals surface area contributed by atoms with E-state index in [9.17, 15) is 4.79 Å². The van der Waals surface area contributed by atoms with Gasteiger partial charge in [-0.05, 0) is 49.4 Å². The van der Waals surface area contributed by atoms with Gasteiger partial charge in [0.15, 0.2) is 0 Å². The standard InChI is InChI=1S/C16H23N3O/c20-16-4-2-10-19(16)13-15-3-1-9-18(12-15)11-14-5-7-17-8-6-14/h5-8,15H,1-4,9-13H2/t15-/m0/s1. The molecule has 4 heteroatoms. The van der Waals surface area contributed by atoms with Crippen LogP contribution in [0.15, 0.2) is 24.5 Å². The Balaban J connectivity index is 1.52. The van der Waals surface area contributed by atoms with E-state index < -0.39 is 0 Å². The number of piperidine rings is 1. The van der Waals surface area contributed by atoms with Crippen LogP contribution in [0.3, 0.4) is 0 Å². The number of rotatable bonds is 4. The maximum atomic E-state index is 11.7. The Kier molecular flexibility index (Phi) is 4.31. The van der Waals surface area contributed by atoms with Crippen LogP contribution in [0.2, 0.25) is 0 Å². The second kappa shape index (κ2) is 6.35. The Morgan fingerprint density at radius 2 is 2.05 bits per heavy atom. The van der Waals surface area contributed by atoms with Gasteiger partial charge in [-0.25, -0.2) is 0 Å². The van der Waals surface area contributed by atoms with Gasteiger partial charge in [-0.1, -0.05) is 0 Å². The van der Waals surface area contributed by atoms with Gasteiger partial charge in [-0.3, -0.25) is 14.7 Å². The van der Waals surface area contributed by atoms with Crippen LogP contribution in [-0.4, -0.2) is 46.9 Å². The third kappa shape index (κ3) is 3.37. The molecule has 0 bridgehead atoms. The molecular weight excluding hydrogens is 250 g/mol. The first-order valence-corrected chi connectivity index (χ1v) is 7.70. The highest BCUT2D eigenvalue weighted by Gasteiger charge is 2.26. The minimum Gasteiger partial charge on any atom is -0.342 e. The third-order valence-electron chi connectivity index (χ3n) is 4.41. The predicted octanol–water partition coefficient (Wildman–Crippen LogP) is 1.92. The summed E-state index contributed by atoms with van der Waals surface area (Å²) >= 11 is 0. The van der Waals surface area contributed by atoms with E-state index in [2.05, 4.69) is 26.9 Å². The molecule has 108 valence electrons. The van der Waals surface area contributed by atoms with Gasteiger partial charge in [-0.2, -0.15) is 0 Å². The molecule has 4 nitrogen and oxygen atoms in total. The molecular formula is C16H23N3O. The van der Waals surface area contributed by atoms with Crippen molar-refractivity contribution in [1.29, 1.82) is 0 Å². The lowest BCUT2D eigenvalue weighted by atomic mass is 9.97. The summed E-state index contributed by atoms with van der Waals surface area (Å²) in [6.07, 6.45) is 8.04. The maximum Gasteiger partial charge on any atom is 0.222 e. The molecule has 3 heterocycles. The Bertz CT molecular complexity index is 448. The van der Waals surface area contributed by atoms with E-state index in [0.29, 0.717) is 11.8 Å². The Morgan fingerprint density at radius 1 is 1.20 bits per heavy atom. The summed E-state index contributed by atoms with van der Waals surface area (Å²) in [4.78, 5) is 20.4. The van der Waals surface area contributed by atoms with E-state index in [1.165, 1.54) is 24.9 Å². The fourth-order valence-electron chi connectivity index (χ4n) is 3.40. The van der Waals surface area contributed by atoms with Crippen molar-refractivity contribution in [2.24, 2.45) is 5.92 Å². The highest BCUT2D eigenvalue weighted by molar-refractivity contribution is 5.78. The van der Waals surface area contributed by atoms with Crippen molar-refractivity contribution in [2.75, 3.05) is 26.2 Å². The molecule has 20 heavy (non-hydrogen) atoms. The summed E-state index contributed by atoms with van der Waals surface area (Å²) in [7, 11) is 0. The predicted molar refractivity (Wildman–Crippen MR) is 78.1 cm³/mol. The van der Waals surface area contributed by atoms with E-state index in [-0.39, 0.29) is 0 Å². The van der Waals surface area contributed by atoms with Gasteiger partial charge in [0.25, 0.3) is 0 Å². The molecule has 1 atom stereocenters. The van der Waals surface area contributed by atoms with Crippen molar-refractivity contribution in [1.82, 2.24) is 14.8 Å². The smallest absolute Gasteiger partial charge is 0.222 e. The zero-order valence-electron chi connectivity index (χ0n) is 12.0. The van der Waals surface area contributed by atoms with Crippen molar-refractivity contribution in [3.8, 4) is 0 Å². The third-order valence-corrected chi connectivity index (χ3v) is 4.41. The van der Waals surface area contributed by atoms with Crippen molar-refractivity contribution in [2.45, 2.75) is 32.2 Å². The van der Waals surface area contributed by atoms with Gasteiger partial charge in [-0.15, -0.1) is 0 Å². The number of carbonyl (C=O) groups is 1. The van der Waals surface area contributed by atoms with Crippen LogP contribution in [0.25, 0.3) is 0 Å². The molecule has 2 saturated heterocycles. The summed E-state index contributed by atoms with van der Waals surface area (Å²) in [5, 5.41) is 0. The molecule has 2 aliphatic rings. The lowest BCUT2D eigenvalue weighted by molar-refractivity contribution is -0.128. The van der Waals surface area contributed by atoms with E-state index in [0.717, 1.165) is 39.0 Å². The van der Waals surface area contributed by atoms with Crippen LogP contribution in [0, 0.1) is 5.92 Å². The summed E-state index contributed by atoms with van der Waals surface area (Å²) in [6, 6.07) is 4.18. The molecule has 1 aromatic heterocycles. The summed E-state index contributed by atoms with van der Waals surface area (Å²) in [5.41, 5.74) is 1.33. The van der Waals surface area contributed by atoms with E-state index in [4.69, 9.17) is 0 Å². The summed E-state index contributed by atoms with van der Waals surface area (Å²) in [5.74, 6) is 1.00. The van der Waals surface area contributed by atoms with Crippen molar-refractivity contribution < 1.29 is 4.79 Å². The lowest BCUT2D eigenvalue weighted by Gasteiger charge is -2.34. The van der Waals surface area contributed by atoms with Crippen LogP contribution in [0.1, 0.15) is 31.2 Å². The first-order chi connectivity index (χ1) is 9.81. The number of hydrogen-bond donors (Lipinski definition) is 0. The Morgan fingerprint density at radius 3 is 2.80 bits per heavy atom. The molecule has 3 rings (SSSR count). The summed E-state index contributed by atoms with van der Waals surface area (Å²) < 4.78 is 0. The minimum absolute atomic E-state index is 0.358. The number of hydrogen-bond acceptors (Lipinski definition) is 3. The fourth-order valence-corrected chi connectivity index (χ4v) is 3.40. The monoisotopic (exact) mass is 273 g/mol. The largest absolute Gasteiger partial charge is 0.342 e. The zero-order chi connectivity index (χ0) is 13.8. The molecule has 0 spiro atoms. The second-order valence-corrected chi connectivity index (χ2v) is 6.04. The van der Waals surface area contributed by atoms with Crippen LogP contribution in [-0.2, 0) is 11.3 Å². The highest BCUT2D eigenvalue weighted by atomic mass is 16.2. The first kappa shape index (κ1) is 13.6. The molecule has 2 fully saturated rings. The van der Waals surface area contributed by atoms with Crippen molar-refractivity contribution in [3.05, 3.63) is 30.1 Å². The zero-order valence-corrected chi connectivity index (χ0v) is 12.0.